The summed E-state index contributed by atoms with van der Waals surface area (Å²) < 4.78 is 11.7. The van der Waals surface area contributed by atoms with Crippen LogP contribution in [0.15, 0.2) is 48.6 Å². The van der Waals surface area contributed by atoms with E-state index in [1.807, 2.05) is 0 Å². The van der Waals surface area contributed by atoms with Crippen molar-refractivity contribution in [1.82, 2.24) is 4.90 Å². The van der Waals surface area contributed by atoms with E-state index in [2.05, 4.69) is 74.4 Å². The lowest BCUT2D eigenvalue weighted by Gasteiger charge is -2.16. The van der Waals surface area contributed by atoms with Crippen LogP contribution in [-0.4, -0.2) is 51.5 Å². The van der Waals surface area contributed by atoms with E-state index in [9.17, 15) is 0 Å². The van der Waals surface area contributed by atoms with Crippen molar-refractivity contribution in [1.29, 1.82) is 0 Å². The maximum atomic E-state index is 5.86. The molecular formula is C41H77NO2. The SMILES string of the molecule is CCCCCC=CCC=CCCCCCCCCOCCN(C)CCOCCCCCCCCC=CCC=CCCCCC. The third kappa shape index (κ3) is 38.9. The van der Waals surface area contributed by atoms with Crippen LogP contribution in [0.4, 0.5) is 0 Å². The summed E-state index contributed by atoms with van der Waals surface area (Å²) in [4.78, 5) is 2.33. The van der Waals surface area contributed by atoms with Crippen molar-refractivity contribution >= 4 is 0 Å². The van der Waals surface area contributed by atoms with Crippen LogP contribution in [0.3, 0.4) is 0 Å². The van der Waals surface area contributed by atoms with E-state index in [1.54, 1.807) is 0 Å². The van der Waals surface area contributed by atoms with Gasteiger partial charge in [0, 0.05) is 26.3 Å². The van der Waals surface area contributed by atoms with E-state index in [0.29, 0.717) is 0 Å². The van der Waals surface area contributed by atoms with Crippen molar-refractivity contribution in [3.05, 3.63) is 48.6 Å². The van der Waals surface area contributed by atoms with Gasteiger partial charge in [0.05, 0.1) is 13.2 Å². The van der Waals surface area contributed by atoms with Gasteiger partial charge in [-0.05, 0) is 84.1 Å². The van der Waals surface area contributed by atoms with Gasteiger partial charge in [0.15, 0.2) is 0 Å². The minimum absolute atomic E-state index is 0.836. The zero-order valence-corrected chi connectivity index (χ0v) is 30.1. The molecule has 0 aromatic rings. The van der Waals surface area contributed by atoms with E-state index in [-0.39, 0.29) is 0 Å². The zero-order valence-electron chi connectivity index (χ0n) is 30.1. The topological polar surface area (TPSA) is 21.7 Å². The second kappa shape index (κ2) is 39.9. The molecule has 3 nitrogen and oxygen atoms in total. The highest BCUT2D eigenvalue weighted by molar-refractivity contribution is 4.93. The molecule has 0 heterocycles. The average molecular weight is 616 g/mol. The number of hydrogen-bond acceptors (Lipinski definition) is 3. The molecule has 0 aliphatic carbocycles. The third-order valence-electron chi connectivity index (χ3n) is 8.21. The molecule has 0 aromatic carbocycles. The summed E-state index contributed by atoms with van der Waals surface area (Å²) in [5, 5.41) is 0. The maximum Gasteiger partial charge on any atom is 0.0593 e. The smallest absolute Gasteiger partial charge is 0.0593 e. The quantitative estimate of drug-likeness (QED) is 0.0517. The van der Waals surface area contributed by atoms with Crippen molar-refractivity contribution in [2.45, 2.75) is 168 Å². The van der Waals surface area contributed by atoms with Crippen LogP contribution >= 0.6 is 0 Å². The first-order valence-electron chi connectivity index (χ1n) is 19.2. The maximum absolute atomic E-state index is 5.86. The van der Waals surface area contributed by atoms with Crippen LogP contribution in [0.2, 0.25) is 0 Å². The van der Waals surface area contributed by atoms with Crippen molar-refractivity contribution < 1.29 is 9.47 Å². The fraction of sp³-hybridized carbons (Fsp3) is 0.805. The number of unbranched alkanes of at least 4 members (excludes halogenated alkanes) is 18. The second-order valence-corrected chi connectivity index (χ2v) is 12.7. The number of ether oxygens (including phenoxy) is 2. The van der Waals surface area contributed by atoms with Gasteiger partial charge in [0.1, 0.15) is 0 Å². The number of nitrogens with zero attached hydrogens (tertiary/aromatic N) is 1. The summed E-state index contributed by atoms with van der Waals surface area (Å²) >= 11 is 0. The molecule has 0 bridgehead atoms. The predicted molar refractivity (Wildman–Crippen MR) is 198 cm³/mol. The van der Waals surface area contributed by atoms with Gasteiger partial charge in [0.2, 0.25) is 0 Å². The molecule has 0 spiro atoms. The summed E-state index contributed by atoms with van der Waals surface area (Å²) in [5.74, 6) is 0. The van der Waals surface area contributed by atoms with Crippen molar-refractivity contribution in [3.63, 3.8) is 0 Å². The van der Waals surface area contributed by atoms with Crippen LogP contribution in [0.5, 0.6) is 0 Å². The minimum Gasteiger partial charge on any atom is -0.380 e. The molecule has 0 N–H and O–H groups in total. The first kappa shape index (κ1) is 42.8. The Balaban J connectivity index is 3.25. The van der Waals surface area contributed by atoms with E-state index in [0.717, 1.165) is 52.4 Å². The Labute approximate surface area is 277 Å². The highest BCUT2D eigenvalue weighted by Gasteiger charge is 1.99. The van der Waals surface area contributed by atoms with Gasteiger partial charge in [-0.1, -0.05) is 140 Å². The predicted octanol–water partition coefficient (Wildman–Crippen LogP) is 12.6. The standard InChI is InChI=1S/C41H77NO2/c1-4-6-8-10-12-14-16-18-20-22-24-26-28-30-32-34-38-43-40-36-42(3)37-41-44-39-35-33-31-29-27-25-23-21-19-17-15-13-11-9-7-5-2/h12-15,18-21H,4-11,16-17,22-41H2,1-3H3. The number of allylic oxidation sites excluding steroid dienone is 8. The molecular weight excluding hydrogens is 538 g/mol. The van der Waals surface area contributed by atoms with Crippen LogP contribution in [-0.2, 0) is 9.47 Å². The van der Waals surface area contributed by atoms with Crippen LogP contribution in [0.1, 0.15) is 168 Å². The van der Waals surface area contributed by atoms with Gasteiger partial charge in [-0.2, -0.15) is 0 Å². The fourth-order valence-electron chi connectivity index (χ4n) is 5.14. The highest BCUT2D eigenvalue weighted by atomic mass is 16.5. The Morgan fingerprint density at radius 2 is 0.682 bits per heavy atom. The summed E-state index contributed by atoms with van der Waals surface area (Å²) in [6, 6.07) is 0. The molecule has 0 fully saturated rings. The normalized spacial score (nSPS) is 12.5. The second-order valence-electron chi connectivity index (χ2n) is 12.7. The van der Waals surface area contributed by atoms with E-state index >= 15 is 0 Å². The van der Waals surface area contributed by atoms with Crippen LogP contribution < -0.4 is 0 Å². The molecule has 44 heavy (non-hydrogen) atoms. The molecule has 258 valence electrons. The molecule has 0 aliphatic heterocycles. The van der Waals surface area contributed by atoms with Gasteiger partial charge >= 0.3 is 0 Å². The van der Waals surface area contributed by atoms with E-state index in [1.165, 1.54) is 141 Å². The average Bonchev–Trinajstić information content (AvgIpc) is 3.03. The zero-order chi connectivity index (χ0) is 31.9. The van der Waals surface area contributed by atoms with Gasteiger partial charge in [-0.25, -0.2) is 0 Å². The lowest BCUT2D eigenvalue weighted by Crippen LogP contribution is -2.27. The van der Waals surface area contributed by atoms with Crippen molar-refractivity contribution in [3.8, 4) is 0 Å². The third-order valence-corrected chi connectivity index (χ3v) is 8.21. The molecule has 0 aliphatic rings. The highest BCUT2D eigenvalue weighted by Crippen LogP contribution is 2.10. The monoisotopic (exact) mass is 616 g/mol. The van der Waals surface area contributed by atoms with Crippen molar-refractivity contribution in [2.75, 3.05) is 46.6 Å². The lowest BCUT2D eigenvalue weighted by molar-refractivity contribution is 0.0814. The Kier molecular flexibility index (Phi) is 38.8. The number of hydrogen-bond donors (Lipinski definition) is 0. The first-order chi connectivity index (χ1) is 21.8. The first-order valence-corrected chi connectivity index (χ1v) is 19.2. The molecule has 0 rings (SSSR count). The summed E-state index contributed by atoms with van der Waals surface area (Å²) in [5.41, 5.74) is 0. The molecule has 0 saturated heterocycles. The summed E-state index contributed by atoms with van der Waals surface area (Å²) in [6.07, 6.45) is 49.8. The van der Waals surface area contributed by atoms with Gasteiger partial charge in [0.25, 0.3) is 0 Å². The number of rotatable bonds is 36. The van der Waals surface area contributed by atoms with Gasteiger partial charge in [-0.3, -0.25) is 0 Å². The summed E-state index contributed by atoms with van der Waals surface area (Å²) in [7, 11) is 2.17. The number of likely N-dealkylation sites (N-methyl/N-ethyl adjacent to an activating group) is 1. The largest absolute Gasteiger partial charge is 0.380 e. The van der Waals surface area contributed by atoms with Crippen LogP contribution in [0, 0.1) is 0 Å². The molecule has 3 heteroatoms. The Hall–Kier alpha value is -1.16. The Bertz CT molecular complexity index is 585. The molecule has 0 amide bonds. The van der Waals surface area contributed by atoms with E-state index < -0.39 is 0 Å². The Morgan fingerprint density at radius 3 is 1.05 bits per heavy atom. The molecule has 0 atom stereocenters. The van der Waals surface area contributed by atoms with E-state index in [4.69, 9.17) is 9.47 Å². The minimum atomic E-state index is 0.836. The Morgan fingerprint density at radius 1 is 0.364 bits per heavy atom. The molecule has 0 saturated carbocycles. The lowest BCUT2D eigenvalue weighted by atomic mass is 10.1. The fourth-order valence-corrected chi connectivity index (χ4v) is 5.14. The van der Waals surface area contributed by atoms with Gasteiger partial charge in [-0.15, -0.1) is 0 Å². The molecule has 0 aromatic heterocycles. The van der Waals surface area contributed by atoms with Gasteiger partial charge < -0.3 is 14.4 Å². The molecule has 0 radical (unpaired) electrons. The molecule has 0 unspecified atom stereocenters. The van der Waals surface area contributed by atoms with Crippen molar-refractivity contribution in [2.24, 2.45) is 0 Å². The van der Waals surface area contributed by atoms with Crippen LogP contribution in [0.25, 0.3) is 0 Å². The summed E-state index contributed by atoms with van der Waals surface area (Å²) in [6.45, 7) is 10.0.